The summed E-state index contributed by atoms with van der Waals surface area (Å²) >= 11 is 5.61. The van der Waals surface area contributed by atoms with Gasteiger partial charge in [-0.2, -0.15) is 0 Å². The van der Waals surface area contributed by atoms with E-state index in [1.54, 1.807) is 0 Å². The van der Waals surface area contributed by atoms with E-state index in [-0.39, 0.29) is 17.3 Å². The molecule has 2 rings (SSSR count). The number of carbonyl (C=O) groups excluding carboxylic acids is 2. The van der Waals surface area contributed by atoms with Gasteiger partial charge in [0.25, 0.3) is 5.91 Å². The number of carbonyl (C=O) groups is 2. The van der Waals surface area contributed by atoms with Gasteiger partial charge in [-0.25, -0.2) is 14.1 Å². The zero-order valence-electron chi connectivity index (χ0n) is 7.46. The van der Waals surface area contributed by atoms with Crippen LogP contribution >= 0.6 is 11.6 Å². The molecule has 0 aromatic heterocycles. The molecule has 1 aromatic rings. The number of nitrogens with one attached hydrogen (secondary N) is 1. The molecule has 0 radical (unpaired) electrons. The van der Waals surface area contributed by atoms with Gasteiger partial charge in [-0.05, 0) is 18.2 Å². The molecule has 0 spiro atoms. The van der Waals surface area contributed by atoms with E-state index in [1.807, 2.05) is 0 Å². The maximum absolute atomic E-state index is 13.0. The number of halogens is 2. The second-order valence-electron chi connectivity index (χ2n) is 3.02. The number of anilines is 1. The number of nitrogens with zero attached hydrogens (tertiary/aromatic N) is 1. The van der Waals surface area contributed by atoms with Crippen LogP contribution in [0.4, 0.5) is 14.9 Å². The van der Waals surface area contributed by atoms with Gasteiger partial charge in [0.05, 0.1) is 12.2 Å². The van der Waals surface area contributed by atoms with Crippen molar-refractivity contribution in [2.24, 2.45) is 0 Å². The molecule has 1 aliphatic rings. The Morgan fingerprint density at radius 2 is 2.07 bits per heavy atom. The summed E-state index contributed by atoms with van der Waals surface area (Å²) in [5.74, 6) is -1.02. The van der Waals surface area contributed by atoms with Crippen molar-refractivity contribution < 1.29 is 14.0 Å². The molecule has 78 valence electrons. The normalized spacial score (nSPS) is 15.7. The van der Waals surface area contributed by atoms with Crippen LogP contribution in [0.1, 0.15) is 0 Å². The first-order valence-corrected chi connectivity index (χ1v) is 4.52. The van der Waals surface area contributed by atoms with E-state index < -0.39 is 17.8 Å². The van der Waals surface area contributed by atoms with Crippen molar-refractivity contribution in [1.82, 2.24) is 5.32 Å². The van der Waals surface area contributed by atoms with Crippen molar-refractivity contribution in [3.8, 4) is 0 Å². The first kappa shape index (κ1) is 9.92. The Bertz CT molecular complexity index is 413. The second kappa shape index (κ2) is 3.51. The largest absolute Gasteiger partial charge is 0.329 e. The highest BCUT2D eigenvalue weighted by Gasteiger charge is 2.30. The Balaban J connectivity index is 2.44. The van der Waals surface area contributed by atoms with E-state index in [0.29, 0.717) is 0 Å². The molecule has 6 heteroatoms. The molecule has 1 aliphatic heterocycles. The molecule has 0 bridgehead atoms. The lowest BCUT2D eigenvalue weighted by Crippen LogP contribution is -2.30. The third-order valence-corrected chi connectivity index (χ3v) is 2.17. The Morgan fingerprint density at radius 3 is 2.60 bits per heavy atom. The van der Waals surface area contributed by atoms with Crippen LogP contribution in [0.25, 0.3) is 0 Å². The molecule has 3 amide bonds. The van der Waals surface area contributed by atoms with Gasteiger partial charge in [0, 0.05) is 5.02 Å². The third kappa shape index (κ3) is 1.78. The molecule has 0 unspecified atom stereocenters. The average molecular weight is 229 g/mol. The minimum Gasteiger partial charge on any atom is -0.328 e. The summed E-state index contributed by atoms with van der Waals surface area (Å²) in [5, 5.41) is 2.47. The van der Waals surface area contributed by atoms with Gasteiger partial charge in [0.1, 0.15) is 5.82 Å². The van der Waals surface area contributed by atoms with Crippen LogP contribution in [0.3, 0.4) is 0 Å². The number of hydrogen-bond donors (Lipinski definition) is 1. The summed E-state index contributed by atoms with van der Waals surface area (Å²) in [5.41, 5.74) is 0.139. The first-order valence-electron chi connectivity index (χ1n) is 4.15. The number of hydrogen-bond acceptors (Lipinski definition) is 2. The zero-order valence-corrected chi connectivity index (χ0v) is 8.21. The average Bonchev–Trinajstić information content (AvgIpc) is 2.44. The van der Waals surface area contributed by atoms with Crippen LogP contribution in [0.2, 0.25) is 5.02 Å². The minimum atomic E-state index is -0.593. The second-order valence-corrected chi connectivity index (χ2v) is 3.45. The maximum atomic E-state index is 13.0. The van der Waals surface area contributed by atoms with E-state index in [9.17, 15) is 14.0 Å². The molecule has 4 nitrogen and oxygen atoms in total. The predicted molar refractivity (Wildman–Crippen MR) is 52.3 cm³/mol. The summed E-state index contributed by atoms with van der Waals surface area (Å²) in [7, 11) is 0. The first-order chi connectivity index (χ1) is 7.08. The number of urea groups is 1. The van der Waals surface area contributed by atoms with Crippen molar-refractivity contribution in [1.29, 1.82) is 0 Å². The van der Waals surface area contributed by atoms with Gasteiger partial charge >= 0.3 is 6.03 Å². The smallest absolute Gasteiger partial charge is 0.328 e. The minimum absolute atomic E-state index is 0.0764. The van der Waals surface area contributed by atoms with Gasteiger partial charge in [0.2, 0.25) is 0 Å². The number of amides is 3. The van der Waals surface area contributed by atoms with Crippen LogP contribution in [0, 0.1) is 5.82 Å². The lowest BCUT2D eigenvalue weighted by atomic mass is 10.3. The number of rotatable bonds is 1. The van der Waals surface area contributed by atoms with Gasteiger partial charge < -0.3 is 5.32 Å². The highest BCUT2D eigenvalue weighted by atomic mass is 35.5. The van der Waals surface area contributed by atoms with Crippen molar-refractivity contribution in [2.75, 3.05) is 11.4 Å². The van der Waals surface area contributed by atoms with Crippen molar-refractivity contribution in [2.45, 2.75) is 0 Å². The summed E-state index contributed by atoms with van der Waals surface area (Å²) in [6.07, 6.45) is 0. The van der Waals surface area contributed by atoms with Gasteiger partial charge in [-0.15, -0.1) is 0 Å². The number of benzene rings is 1. The van der Waals surface area contributed by atoms with Crippen molar-refractivity contribution in [3.05, 3.63) is 29.0 Å². The lowest BCUT2D eigenvalue weighted by molar-refractivity contribution is -0.115. The molecular weight excluding hydrogens is 223 g/mol. The molecule has 1 N–H and O–H groups in total. The molecule has 1 saturated heterocycles. The van der Waals surface area contributed by atoms with E-state index in [4.69, 9.17) is 11.6 Å². The van der Waals surface area contributed by atoms with E-state index in [2.05, 4.69) is 5.32 Å². The zero-order chi connectivity index (χ0) is 11.0. The summed E-state index contributed by atoms with van der Waals surface area (Å²) in [4.78, 5) is 23.4. The quantitative estimate of drug-likeness (QED) is 0.742. The Kier molecular flexibility index (Phi) is 2.32. The molecular formula is C9H6ClFN2O2. The molecule has 1 aromatic carbocycles. The molecule has 1 heterocycles. The molecule has 1 fully saturated rings. The van der Waals surface area contributed by atoms with Crippen molar-refractivity contribution in [3.63, 3.8) is 0 Å². The Hall–Kier alpha value is -1.62. The Labute approximate surface area is 89.6 Å². The standard InChI is InChI=1S/C9H6ClFN2O2/c10-5-1-6(11)3-7(2-5)13-8(14)4-12-9(13)15/h1-3H,4H2,(H,12,15). The summed E-state index contributed by atoms with van der Waals surface area (Å²) < 4.78 is 13.0. The van der Waals surface area contributed by atoms with Crippen molar-refractivity contribution >= 4 is 29.2 Å². The highest BCUT2D eigenvalue weighted by molar-refractivity contribution is 6.31. The fourth-order valence-corrected chi connectivity index (χ4v) is 1.57. The third-order valence-electron chi connectivity index (χ3n) is 1.95. The highest BCUT2D eigenvalue weighted by Crippen LogP contribution is 2.23. The molecule has 0 saturated carbocycles. The van der Waals surface area contributed by atoms with Crippen LogP contribution in [-0.4, -0.2) is 18.5 Å². The predicted octanol–water partition coefficient (Wildman–Crippen LogP) is 1.54. The summed E-state index contributed by atoms with van der Waals surface area (Å²) in [6, 6.07) is 2.97. The van der Waals surface area contributed by atoms with Gasteiger partial charge in [-0.3, -0.25) is 4.79 Å². The monoisotopic (exact) mass is 228 g/mol. The Morgan fingerprint density at radius 1 is 1.33 bits per heavy atom. The number of imide groups is 1. The molecule has 0 atom stereocenters. The van der Waals surface area contributed by atoms with Crippen LogP contribution < -0.4 is 10.2 Å². The molecule has 15 heavy (non-hydrogen) atoms. The fraction of sp³-hybridized carbons (Fsp3) is 0.111. The van der Waals surface area contributed by atoms with E-state index in [0.717, 1.165) is 17.0 Å². The lowest BCUT2D eigenvalue weighted by Gasteiger charge is -2.12. The van der Waals surface area contributed by atoms with E-state index in [1.165, 1.54) is 6.07 Å². The van der Waals surface area contributed by atoms with Crippen LogP contribution in [-0.2, 0) is 4.79 Å². The van der Waals surface area contributed by atoms with Gasteiger partial charge in [-0.1, -0.05) is 11.6 Å². The van der Waals surface area contributed by atoms with E-state index >= 15 is 0 Å². The molecule has 0 aliphatic carbocycles. The topological polar surface area (TPSA) is 49.4 Å². The SMILES string of the molecule is O=C1CNC(=O)N1c1cc(F)cc(Cl)c1. The maximum Gasteiger partial charge on any atom is 0.329 e. The summed E-state index contributed by atoms with van der Waals surface area (Å²) in [6.45, 7) is -0.0764. The van der Waals surface area contributed by atoms with Gasteiger partial charge in [0.15, 0.2) is 0 Å². The fourth-order valence-electron chi connectivity index (χ4n) is 1.35. The van der Waals surface area contributed by atoms with Crippen LogP contribution in [0.15, 0.2) is 18.2 Å². The van der Waals surface area contributed by atoms with Crippen LogP contribution in [0.5, 0.6) is 0 Å².